The molecule has 0 bridgehead atoms. The van der Waals surface area contributed by atoms with Crippen LogP contribution in [-0.4, -0.2) is 198 Å². The molecule has 3 saturated heterocycles. The lowest BCUT2D eigenvalue weighted by Gasteiger charge is -2.23. The van der Waals surface area contributed by atoms with E-state index in [2.05, 4.69) is 14.9 Å². The van der Waals surface area contributed by atoms with E-state index in [9.17, 15) is 22.8 Å². The topological polar surface area (TPSA) is 254 Å². The second-order valence-corrected chi connectivity index (χ2v) is 27.5. The largest absolute Gasteiger partial charge is 0.619 e. The third-order valence-electron chi connectivity index (χ3n) is 17.8. The Morgan fingerprint density at radius 1 is 0.405 bits per heavy atom. The number of benzene rings is 7. The van der Waals surface area contributed by atoms with Crippen molar-refractivity contribution in [2.75, 3.05) is 139 Å². The van der Waals surface area contributed by atoms with Crippen LogP contribution in [0.2, 0.25) is 5.02 Å². The average Bonchev–Trinajstić information content (AvgIpc) is 1.26. The van der Waals surface area contributed by atoms with E-state index in [1.54, 1.807) is 137 Å². The summed E-state index contributed by atoms with van der Waals surface area (Å²) in [7, 11) is 26.7. The molecule has 0 amide bonds. The summed E-state index contributed by atoms with van der Waals surface area (Å²) in [4.78, 5) is 0. The first-order valence-electron chi connectivity index (χ1n) is 40.5. The Kier molecular flexibility index (Phi) is 70.7. The van der Waals surface area contributed by atoms with Gasteiger partial charge in [-0.05, 0) is 192 Å². The maximum Gasteiger partial charge on any atom is 0.335 e. The van der Waals surface area contributed by atoms with Crippen LogP contribution in [0.5, 0.6) is 51.7 Å². The third-order valence-corrected chi connectivity index (χ3v) is 18.1. The predicted molar refractivity (Wildman–Crippen MR) is 486 cm³/mol. The maximum absolute atomic E-state index is 12.5. The zero-order valence-electron chi connectivity index (χ0n) is 76.6. The number of halogens is 5. The Labute approximate surface area is 752 Å². The Bertz CT molecular complexity index is 3930. The number of nitrogens with zero attached hydrogens (tertiary/aromatic N) is 5. The van der Waals surface area contributed by atoms with Gasteiger partial charge < -0.3 is 85.7 Å². The van der Waals surface area contributed by atoms with E-state index >= 15 is 0 Å². The summed E-state index contributed by atoms with van der Waals surface area (Å²) in [5, 5.41) is 19.0. The van der Waals surface area contributed by atoms with E-state index in [1.807, 2.05) is 150 Å². The van der Waals surface area contributed by atoms with Crippen molar-refractivity contribution in [2.24, 2.45) is 14.1 Å². The average molecular weight is 1810 g/mol. The molecule has 15 rings (SSSR count). The van der Waals surface area contributed by atoms with Crippen molar-refractivity contribution in [3.8, 4) is 51.7 Å². The van der Waals surface area contributed by atoms with Crippen molar-refractivity contribution in [3.05, 3.63) is 269 Å². The van der Waals surface area contributed by atoms with Gasteiger partial charge in [0, 0.05) is 98.5 Å². The van der Waals surface area contributed by atoms with Crippen molar-refractivity contribution in [3.63, 3.8) is 0 Å². The highest BCUT2D eigenvalue weighted by Gasteiger charge is 2.17. The molecule has 2 saturated carbocycles. The molecule has 6 heterocycles. The highest BCUT2D eigenvalue weighted by Crippen LogP contribution is 2.23. The van der Waals surface area contributed by atoms with Gasteiger partial charge >= 0.3 is 11.6 Å². The van der Waals surface area contributed by atoms with Crippen LogP contribution in [0.25, 0.3) is 0 Å². The predicted octanol–water partition coefficient (Wildman–Crippen LogP) is 19.3. The van der Waals surface area contributed by atoms with Gasteiger partial charge in [0.15, 0.2) is 29.3 Å². The molecule has 0 unspecified atom stereocenters. The van der Waals surface area contributed by atoms with Crippen molar-refractivity contribution < 1.29 is 111 Å². The zero-order valence-corrected chi connectivity index (χ0v) is 78.2. The Morgan fingerprint density at radius 3 is 1.13 bits per heavy atom. The van der Waals surface area contributed by atoms with Gasteiger partial charge in [0.25, 0.3) is 0 Å². The van der Waals surface area contributed by atoms with Crippen LogP contribution in [0.1, 0.15) is 93.9 Å². The molecule has 1 atom stereocenters. The standard InChI is InChI=1S/2C8H10O.C7H7ClO.C7H6F2O.2C7H7FO.C7H14O.C7H8O.C6H7NO2.C6H12O2.C6H12O.C5H8N2O.C5H8N2.C5H10O2.C4H8O2.O2S/c2*1-7-4-3-5-8(6-7)9-2;1-9-7-4-2-3-6(8)5-7;1-10-6-4-2-3-5(8)7(6)9;1-9-7-4-2-6(8)3-5-7;1-9-7-4-2-3-6(8)5-7;2*1-8-7-5-3-2-4-6-7;1-9-6-3-2-4-7(8)5-6;1-7-6-2-4-8-5-3-6;1-7-6-4-2-3-5-6;1-7-4-5(8-2)3-6-7;1-5-3-4-6-7(5)2;1-6-5-2-3-7-4-5;1-5-4-2-6-3-4;1-3-2/h2*3-6H,1-2H3;2-5H,1H3;2-4H,1H3;2*2-5H,1H3;7H,2-6H2,1H3;2-6H,1H3;2-5H,1H3;6H,2-5H2,1H3;6H,2-5H2,1H3;3-4H,1-2H3;3-4H,1-2H3;5H,2-4H2,1H3;4H,2-3H2,1H3;/t;;;;;;;;;;;;;5-;;/m.............1../s1. The molecule has 0 N–H and O–H groups in total. The Morgan fingerprint density at radius 2 is 0.825 bits per heavy atom. The number of para-hydroxylation sites is 1. The molecule has 2 aliphatic carbocycles. The van der Waals surface area contributed by atoms with E-state index in [0.29, 0.717) is 57.5 Å². The minimum Gasteiger partial charge on any atom is -0.619 e. The quantitative estimate of drug-likeness (QED) is 0.0557. The van der Waals surface area contributed by atoms with Gasteiger partial charge in [-0.1, -0.05) is 104 Å². The Hall–Kier alpha value is -10.4. The fourth-order valence-corrected chi connectivity index (χ4v) is 10.5. The maximum atomic E-state index is 12.5. The zero-order chi connectivity index (χ0) is 93.8. The van der Waals surface area contributed by atoms with Crippen LogP contribution in [0.15, 0.2) is 219 Å². The van der Waals surface area contributed by atoms with Crippen LogP contribution in [-0.2, 0) is 63.6 Å². The molecule has 10 aromatic rings. The number of rotatable bonds is 14. The van der Waals surface area contributed by atoms with Crippen molar-refractivity contribution in [2.45, 2.75) is 128 Å². The van der Waals surface area contributed by atoms with E-state index in [-0.39, 0.29) is 17.4 Å². The fraction of sp³-hybridized carbons (Fsp3) is 0.442. The molecule has 5 aliphatic rings. The first-order chi connectivity index (χ1) is 60.8. The van der Waals surface area contributed by atoms with Crippen molar-refractivity contribution >= 4 is 23.2 Å². The summed E-state index contributed by atoms with van der Waals surface area (Å²) < 4.78 is 154. The molecule has 3 aliphatic heterocycles. The summed E-state index contributed by atoms with van der Waals surface area (Å²) in [6.45, 7) is 11.1. The molecule has 5 fully saturated rings. The molecule has 3 aromatic heterocycles. The number of hydrogen-bond donors (Lipinski definition) is 0. The fourth-order valence-electron chi connectivity index (χ4n) is 10.3. The first-order valence-corrected chi connectivity index (χ1v) is 41.6. The molecule has 7 aromatic carbocycles. The van der Waals surface area contributed by atoms with Crippen molar-refractivity contribution in [1.29, 1.82) is 0 Å². The van der Waals surface area contributed by atoms with Gasteiger partial charge in [-0.3, -0.25) is 9.36 Å². The van der Waals surface area contributed by atoms with E-state index in [4.69, 9.17) is 95.8 Å². The van der Waals surface area contributed by atoms with E-state index in [1.165, 1.54) is 145 Å². The number of methoxy groups -OCH3 is 14. The number of aryl methyl sites for hydroxylation is 5. The number of hydrogen-bond acceptors (Lipinski definition) is 22. The van der Waals surface area contributed by atoms with Crippen molar-refractivity contribution in [1.82, 2.24) is 19.6 Å². The summed E-state index contributed by atoms with van der Waals surface area (Å²) in [5.74, 6) is 3.75. The second-order valence-electron chi connectivity index (χ2n) is 26.9. The molecule has 126 heavy (non-hydrogen) atoms. The molecule has 25 nitrogen and oxygen atoms in total. The second kappa shape index (κ2) is 77.0. The van der Waals surface area contributed by atoms with Crippen LogP contribution in [0.4, 0.5) is 17.6 Å². The number of pyridine rings is 1. The molecule has 700 valence electrons. The smallest absolute Gasteiger partial charge is 0.335 e. The minimum atomic E-state index is -0.940. The summed E-state index contributed by atoms with van der Waals surface area (Å²) in [6, 6.07) is 53.9. The highest BCUT2D eigenvalue weighted by atomic mass is 35.5. The summed E-state index contributed by atoms with van der Waals surface area (Å²) in [5.41, 5.74) is 3.66. The van der Waals surface area contributed by atoms with Gasteiger partial charge in [0.1, 0.15) is 52.2 Å². The lowest BCUT2D eigenvalue weighted by molar-refractivity contribution is -0.605. The van der Waals surface area contributed by atoms with E-state index < -0.39 is 23.2 Å². The van der Waals surface area contributed by atoms with Gasteiger partial charge in [0.2, 0.25) is 12.0 Å². The minimum absolute atomic E-state index is 0.0694. The monoisotopic (exact) mass is 1810 g/mol. The Balaban J connectivity index is 0.00000133. The van der Waals surface area contributed by atoms with Crippen LogP contribution in [0, 0.1) is 49.2 Å². The molecular weight excluding hydrogens is 1670 g/mol. The number of aromatic nitrogens is 5. The summed E-state index contributed by atoms with van der Waals surface area (Å²) >= 11 is 4.89. The number of ether oxygens (including phenoxy) is 17. The van der Waals surface area contributed by atoms with Gasteiger partial charge in [-0.25, -0.2) is 13.2 Å². The molecule has 31 heteroatoms. The van der Waals surface area contributed by atoms with Gasteiger partial charge in [-0.15, -0.1) is 0 Å². The lowest BCUT2D eigenvalue weighted by Crippen LogP contribution is -2.34. The lowest BCUT2D eigenvalue weighted by atomic mass is 9.98. The molecule has 0 spiro atoms. The highest BCUT2D eigenvalue weighted by molar-refractivity contribution is 7.51. The van der Waals surface area contributed by atoms with Gasteiger partial charge in [-0.2, -0.15) is 27.7 Å². The first kappa shape index (κ1) is 116. The summed E-state index contributed by atoms with van der Waals surface area (Å²) in [6.07, 6.45) is 25.7. The van der Waals surface area contributed by atoms with Crippen LogP contribution in [0.3, 0.4) is 0 Å². The van der Waals surface area contributed by atoms with Gasteiger partial charge in [0.05, 0.1) is 121 Å². The SMILES string of the molecule is COC1CCCC1.COC1CCCCC1.COC1CCOCC1.COC1COC1.CO[C@@H]1CCOC1.COc1ccc(F)cc1.COc1ccc[n+]([O-])c1.COc1cccc(C)c1.COc1cccc(C)c1.COc1cccc(Cl)c1.COc1cccc(F)c1.COc1cccc(F)c1F.COc1ccccc1.COc1cnn(C)c1.Cc1ccnn1C.O=S=O. The molecule has 0 radical (unpaired) electrons. The molecular formula is C95H134ClF4N5O20S. The normalized spacial score (nSPS) is 13.6. The third kappa shape index (κ3) is 60.3. The van der Waals surface area contributed by atoms with Crippen LogP contribution < -0.4 is 47.4 Å². The van der Waals surface area contributed by atoms with E-state index in [0.717, 1.165) is 93.7 Å². The van der Waals surface area contributed by atoms with Crippen LogP contribution >= 0.6 is 11.6 Å².